The first kappa shape index (κ1) is 16.0. The van der Waals surface area contributed by atoms with Crippen LogP contribution in [0.15, 0.2) is 45.2 Å². The van der Waals surface area contributed by atoms with E-state index in [0.29, 0.717) is 26.5 Å². The van der Waals surface area contributed by atoms with Crippen molar-refractivity contribution in [1.29, 1.82) is 0 Å². The quantitative estimate of drug-likeness (QED) is 0.857. The van der Waals surface area contributed by atoms with Crippen LogP contribution >= 0.6 is 35.0 Å². The molecule has 2 heterocycles. The topological polar surface area (TPSA) is 95.3 Å². The number of nitrogens with zero attached hydrogens (tertiary/aromatic N) is 3. The highest BCUT2D eigenvalue weighted by Gasteiger charge is 2.29. The largest absolute Gasteiger partial charge is 0.325 e. The molecule has 7 nitrogen and oxygen atoms in total. The molecule has 1 aromatic rings. The van der Waals surface area contributed by atoms with E-state index in [0.717, 1.165) is 11.8 Å². The minimum Gasteiger partial charge on any atom is -0.325 e. The Morgan fingerprint density at radius 2 is 2.17 bits per heavy atom. The van der Waals surface area contributed by atoms with E-state index in [2.05, 4.69) is 25.9 Å². The van der Waals surface area contributed by atoms with E-state index in [9.17, 15) is 9.59 Å². The molecule has 1 unspecified atom stereocenters. The van der Waals surface area contributed by atoms with Crippen LogP contribution in [-0.2, 0) is 9.59 Å². The van der Waals surface area contributed by atoms with E-state index in [-0.39, 0.29) is 17.6 Å². The maximum absolute atomic E-state index is 11.9. The van der Waals surface area contributed by atoms with Gasteiger partial charge in [0.2, 0.25) is 5.91 Å². The average Bonchev–Trinajstić information content (AvgIpc) is 2.98. The number of halogens is 2. The van der Waals surface area contributed by atoms with Gasteiger partial charge in [-0.25, -0.2) is 4.99 Å². The molecule has 2 N–H and O–H groups in total. The van der Waals surface area contributed by atoms with Gasteiger partial charge in [0.25, 0.3) is 5.91 Å². The molecule has 1 atom stereocenters. The highest BCUT2D eigenvalue weighted by molar-refractivity contribution is 8.14. The second kappa shape index (κ2) is 6.69. The molecule has 0 spiro atoms. The van der Waals surface area contributed by atoms with Crippen molar-refractivity contribution >= 4 is 57.6 Å². The molecule has 2 amide bonds. The van der Waals surface area contributed by atoms with E-state index < -0.39 is 6.17 Å². The van der Waals surface area contributed by atoms with Crippen molar-refractivity contribution in [3.8, 4) is 0 Å². The molecule has 0 fully saturated rings. The summed E-state index contributed by atoms with van der Waals surface area (Å²) in [7, 11) is 0. The average molecular weight is 370 g/mol. The molecular weight excluding hydrogens is 361 g/mol. The smallest absolute Gasteiger partial charge is 0.258 e. The zero-order chi connectivity index (χ0) is 16.4. The summed E-state index contributed by atoms with van der Waals surface area (Å²) >= 11 is 12.8. The van der Waals surface area contributed by atoms with Crippen LogP contribution in [0.3, 0.4) is 0 Å². The van der Waals surface area contributed by atoms with Crippen LogP contribution in [0, 0.1) is 0 Å². The third-order valence-electron chi connectivity index (χ3n) is 2.92. The lowest BCUT2D eigenvalue weighted by Gasteiger charge is -2.16. The molecule has 2 aliphatic rings. The molecule has 0 saturated heterocycles. The molecule has 1 aromatic carbocycles. The van der Waals surface area contributed by atoms with Crippen LogP contribution in [0.25, 0.3) is 0 Å². The van der Waals surface area contributed by atoms with Gasteiger partial charge in [-0.1, -0.05) is 35.0 Å². The third-order valence-corrected chi connectivity index (χ3v) is 4.54. The fourth-order valence-corrected chi connectivity index (χ4v) is 2.83. The van der Waals surface area contributed by atoms with Crippen molar-refractivity contribution in [3.63, 3.8) is 0 Å². The number of carbonyl (C=O) groups is 2. The molecule has 10 heteroatoms. The van der Waals surface area contributed by atoms with E-state index >= 15 is 0 Å². The minimum absolute atomic E-state index is 0.0717. The van der Waals surface area contributed by atoms with Gasteiger partial charge in [0.15, 0.2) is 11.3 Å². The van der Waals surface area contributed by atoms with Gasteiger partial charge in [-0.2, -0.15) is 10.2 Å². The monoisotopic (exact) mass is 369 g/mol. The van der Waals surface area contributed by atoms with Gasteiger partial charge in [-0.05, 0) is 18.2 Å². The molecule has 0 radical (unpaired) electrons. The van der Waals surface area contributed by atoms with Crippen LogP contribution < -0.4 is 10.6 Å². The molecule has 0 aliphatic carbocycles. The van der Waals surface area contributed by atoms with Crippen molar-refractivity contribution < 1.29 is 9.59 Å². The Hall–Kier alpha value is -1.90. The Bertz CT molecular complexity index is 778. The normalized spacial score (nSPS) is 18.9. The zero-order valence-electron chi connectivity index (χ0n) is 11.4. The van der Waals surface area contributed by atoms with Crippen LogP contribution in [0.5, 0.6) is 0 Å². The van der Waals surface area contributed by atoms with E-state index in [1.165, 1.54) is 6.20 Å². The molecule has 0 aromatic heterocycles. The number of rotatable bonds is 3. The first-order chi connectivity index (χ1) is 11.0. The number of carbonyl (C=O) groups excluding carboxylic acids is 2. The van der Waals surface area contributed by atoms with Gasteiger partial charge in [0.1, 0.15) is 0 Å². The number of nitrogens with one attached hydrogen (secondary N) is 2. The summed E-state index contributed by atoms with van der Waals surface area (Å²) in [6, 6.07) is 4.80. The van der Waals surface area contributed by atoms with Gasteiger partial charge < -0.3 is 10.6 Å². The lowest BCUT2D eigenvalue weighted by molar-refractivity contribution is -0.116. The van der Waals surface area contributed by atoms with Gasteiger partial charge in [0, 0.05) is 5.69 Å². The zero-order valence-corrected chi connectivity index (χ0v) is 13.7. The highest BCUT2D eigenvalue weighted by atomic mass is 35.5. The molecule has 0 bridgehead atoms. The van der Waals surface area contributed by atoms with Gasteiger partial charge in [-0.3, -0.25) is 9.59 Å². The summed E-state index contributed by atoms with van der Waals surface area (Å²) in [5.74, 6) is -0.496. The number of amides is 2. The fourth-order valence-electron chi connectivity index (χ4n) is 1.85. The van der Waals surface area contributed by atoms with Gasteiger partial charge >= 0.3 is 0 Å². The van der Waals surface area contributed by atoms with Crippen molar-refractivity contribution in [2.24, 2.45) is 15.2 Å². The molecule has 118 valence electrons. The second-order valence-electron chi connectivity index (χ2n) is 4.54. The summed E-state index contributed by atoms with van der Waals surface area (Å²) in [5.41, 5.74) is 0.934. The number of azo groups is 1. The van der Waals surface area contributed by atoms with Crippen molar-refractivity contribution in [1.82, 2.24) is 5.32 Å². The maximum atomic E-state index is 11.9. The molecule has 23 heavy (non-hydrogen) atoms. The Balaban J connectivity index is 1.57. The lowest BCUT2D eigenvalue weighted by Crippen LogP contribution is -2.38. The van der Waals surface area contributed by atoms with E-state index in [1.807, 2.05) is 0 Å². The Labute approximate surface area is 145 Å². The van der Waals surface area contributed by atoms with Crippen molar-refractivity contribution in [2.45, 2.75) is 6.17 Å². The number of amidine groups is 1. The molecular formula is C13H9Cl2N5O2S. The Kier molecular flexibility index (Phi) is 4.65. The fraction of sp³-hybridized carbons (Fsp3) is 0.154. The third kappa shape index (κ3) is 3.72. The van der Waals surface area contributed by atoms with Crippen LogP contribution in [0.4, 0.5) is 5.69 Å². The number of hydrogen-bond acceptors (Lipinski definition) is 6. The van der Waals surface area contributed by atoms with Crippen LogP contribution in [0.2, 0.25) is 10.0 Å². The standard InChI is InChI=1S/C13H9Cl2N5O2S/c14-8-2-1-6(3-9(8)15)17-10(21)5-23-13-18-11-7(4-16-20-11)12(22)19-13/h1-4,11H,5H2,(H,17,21)(H,18,19,22). The van der Waals surface area contributed by atoms with Gasteiger partial charge in [0.05, 0.1) is 27.6 Å². The first-order valence-corrected chi connectivity index (χ1v) is 8.14. The number of anilines is 1. The summed E-state index contributed by atoms with van der Waals surface area (Å²) in [4.78, 5) is 27.9. The predicted octanol–water partition coefficient (Wildman–Crippen LogP) is 2.83. The van der Waals surface area contributed by atoms with Crippen LogP contribution in [-0.4, -0.2) is 28.9 Å². The van der Waals surface area contributed by atoms with E-state index in [1.54, 1.807) is 18.2 Å². The Morgan fingerprint density at radius 1 is 1.35 bits per heavy atom. The molecule has 2 aliphatic heterocycles. The number of thioether (sulfide) groups is 1. The van der Waals surface area contributed by atoms with Gasteiger partial charge in [-0.15, -0.1) is 0 Å². The highest BCUT2D eigenvalue weighted by Crippen LogP contribution is 2.25. The van der Waals surface area contributed by atoms with Crippen LogP contribution in [0.1, 0.15) is 0 Å². The van der Waals surface area contributed by atoms with E-state index in [4.69, 9.17) is 23.2 Å². The van der Waals surface area contributed by atoms with Crippen molar-refractivity contribution in [3.05, 3.63) is 40.0 Å². The summed E-state index contributed by atoms with van der Waals surface area (Å²) in [5, 5.41) is 13.8. The Morgan fingerprint density at radius 3 is 2.96 bits per heavy atom. The predicted molar refractivity (Wildman–Crippen MR) is 89.9 cm³/mol. The minimum atomic E-state index is -0.607. The number of fused-ring (bicyclic) bond motifs is 1. The second-order valence-corrected chi connectivity index (χ2v) is 6.32. The maximum Gasteiger partial charge on any atom is 0.258 e. The number of hydrogen-bond donors (Lipinski definition) is 2. The first-order valence-electron chi connectivity index (χ1n) is 6.40. The summed E-state index contributed by atoms with van der Waals surface area (Å²) < 4.78 is 0. The number of aliphatic imine (C=N–C) groups is 1. The molecule has 3 rings (SSSR count). The number of benzene rings is 1. The summed E-state index contributed by atoms with van der Waals surface area (Å²) in [6.45, 7) is 0. The molecule has 0 saturated carbocycles. The lowest BCUT2D eigenvalue weighted by atomic mass is 10.2. The van der Waals surface area contributed by atoms with Crippen molar-refractivity contribution in [2.75, 3.05) is 11.1 Å². The summed E-state index contributed by atoms with van der Waals surface area (Å²) in [6.07, 6.45) is 0.770. The SMILES string of the molecule is O=C(CSC1=NC2N=NC=C2C(=O)N1)Nc1ccc(Cl)c(Cl)c1.